The maximum absolute atomic E-state index is 12.5. The topological polar surface area (TPSA) is 168 Å². The van der Waals surface area contributed by atoms with Gasteiger partial charge >= 0.3 is 193 Å². The van der Waals surface area contributed by atoms with Crippen LogP contribution in [0.1, 0.15) is 41.0 Å². The molecule has 1 rings (SSSR count). The fourth-order valence-electron chi connectivity index (χ4n) is 2.38. The molecule has 1 atom stereocenters. The molecule has 0 spiro atoms. The predicted octanol–water partition coefficient (Wildman–Crippen LogP) is 0.799. The van der Waals surface area contributed by atoms with E-state index in [1.807, 2.05) is 0 Å². The monoisotopic (exact) mass is 498 g/mol. The SMILES string of the molecule is COC(=O)CCNC(=O)[C@@H]1O[PH](O)(OCOC(=O)NCCOC(=O)C(C)(C)C)OCC1(C)C. The Balaban J connectivity index is 2.43. The Hall–Kier alpha value is -2.05. The fourth-order valence-corrected chi connectivity index (χ4v) is 4.09. The number of carbonyl (C=O) groups excluding carboxylic acids is 4. The summed E-state index contributed by atoms with van der Waals surface area (Å²) in [6.45, 7) is 7.74. The molecule has 0 radical (unpaired) electrons. The first-order valence-electron chi connectivity index (χ1n) is 10.3. The van der Waals surface area contributed by atoms with E-state index in [0.29, 0.717) is 0 Å². The molecule has 2 amide bonds. The van der Waals surface area contributed by atoms with Gasteiger partial charge in [0.1, 0.15) is 0 Å². The third-order valence-electron chi connectivity index (χ3n) is 4.35. The fraction of sp³-hybridized carbons (Fsp3) is 0.789. The first kappa shape index (κ1) is 29.0. The van der Waals surface area contributed by atoms with E-state index in [-0.39, 0.29) is 32.7 Å². The van der Waals surface area contributed by atoms with E-state index in [1.165, 1.54) is 7.11 Å². The van der Waals surface area contributed by atoms with Crippen LogP contribution in [0, 0.1) is 10.8 Å². The molecule has 0 aromatic carbocycles. The molecule has 0 bridgehead atoms. The second-order valence-electron chi connectivity index (χ2n) is 8.92. The number of methoxy groups -OCH3 is 1. The predicted molar refractivity (Wildman–Crippen MR) is 116 cm³/mol. The van der Waals surface area contributed by atoms with Crippen LogP contribution in [-0.2, 0) is 42.2 Å². The average Bonchev–Trinajstić information content (AvgIpc) is 2.72. The molecule has 1 fully saturated rings. The van der Waals surface area contributed by atoms with Crippen molar-refractivity contribution in [3.8, 4) is 0 Å². The third kappa shape index (κ3) is 10.2. The van der Waals surface area contributed by atoms with Gasteiger partial charge in [-0.3, -0.25) is 0 Å². The van der Waals surface area contributed by atoms with E-state index in [4.69, 9.17) is 23.0 Å². The summed E-state index contributed by atoms with van der Waals surface area (Å²) in [4.78, 5) is 57.5. The Labute approximate surface area is 193 Å². The van der Waals surface area contributed by atoms with Crippen LogP contribution in [-0.4, -0.2) is 75.1 Å². The van der Waals surface area contributed by atoms with Crippen molar-refractivity contribution < 1.29 is 51.9 Å². The number of ether oxygens (including phenoxy) is 3. The van der Waals surface area contributed by atoms with Crippen LogP contribution in [0.25, 0.3) is 0 Å². The molecule has 13 nitrogen and oxygen atoms in total. The van der Waals surface area contributed by atoms with Crippen molar-refractivity contribution in [1.82, 2.24) is 10.6 Å². The molecule has 192 valence electrons. The van der Waals surface area contributed by atoms with E-state index >= 15 is 0 Å². The van der Waals surface area contributed by atoms with E-state index in [1.54, 1.807) is 34.6 Å². The molecule has 0 aromatic heterocycles. The van der Waals surface area contributed by atoms with Gasteiger partial charge in [-0.05, 0) is 0 Å². The van der Waals surface area contributed by atoms with Crippen LogP contribution in [0.4, 0.5) is 4.79 Å². The average molecular weight is 498 g/mol. The Morgan fingerprint density at radius 3 is 2.39 bits per heavy atom. The Bertz CT molecular complexity index is 710. The summed E-state index contributed by atoms with van der Waals surface area (Å²) >= 11 is 0. The van der Waals surface area contributed by atoms with Crippen molar-refractivity contribution in [2.24, 2.45) is 10.8 Å². The van der Waals surface area contributed by atoms with E-state index in [0.717, 1.165) is 0 Å². The molecule has 1 aliphatic rings. The molecular formula is C19H35N2O11P. The normalized spacial score (nSPS) is 20.2. The number of hydrogen-bond acceptors (Lipinski definition) is 11. The number of alkyl carbamates (subject to hydrolysis) is 1. The number of carbonyl (C=O) groups is 4. The van der Waals surface area contributed by atoms with Crippen LogP contribution in [0.5, 0.6) is 0 Å². The first-order chi connectivity index (χ1) is 15.2. The van der Waals surface area contributed by atoms with Crippen LogP contribution < -0.4 is 10.6 Å². The first-order valence-corrected chi connectivity index (χ1v) is 12.0. The maximum atomic E-state index is 12.5. The number of amides is 2. The summed E-state index contributed by atoms with van der Waals surface area (Å²) in [5.41, 5.74) is -1.46. The van der Waals surface area contributed by atoms with Gasteiger partial charge in [0.05, 0.1) is 0 Å². The molecule has 0 aromatic rings. The van der Waals surface area contributed by atoms with Crippen LogP contribution >= 0.6 is 8.17 Å². The zero-order valence-corrected chi connectivity index (χ0v) is 20.8. The molecular weight excluding hydrogens is 463 g/mol. The van der Waals surface area contributed by atoms with Crippen molar-refractivity contribution in [1.29, 1.82) is 0 Å². The molecule has 1 heterocycles. The summed E-state index contributed by atoms with van der Waals surface area (Å²) in [6, 6.07) is 0. The molecule has 0 aliphatic carbocycles. The van der Waals surface area contributed by atoms with Crippen molar-refractivity contribution in [3.05, 3.63) is 0 Å². The van der Waals surface area contributed by atoms with E-state index in [2.05, 4.69) is 15.4 Å². The summed E-state index contributed by atoms with van der Waals surface area (Å²) in [5.74, 6) is -1.46. The Kier molecular flexibility index (Phi) is 10.9. The number of esters is 2. The van der Waals surface area contributed by atoms with Crippen LogP contribution in [0.2, 0.25) is 0 Å². The minimum absolute atomic E-state index is 0.0113. The van der Waals surface area contributed by atoms with Gasteiger partial charge in [-0.1, -0.05) is 0 Å². The molecule has 0 saturated carbocycles. The van der Waals surface area contributed by atoms with Crippen molar-refractivity contribution >= 4 is 32.1 Å². The molecule has 33 heavy (non-hydrogen) atoms. The molecule has 14 heteroatoms. The van der Waals surface area contributed by atoms with Gasteiger partial charge in [0, 0.05) is 0 Å². The van der Waals surface area contributed by atoms with E-state index in [9.17, 15) is 24.1 Å². The second kappa shape index (κ2) is 12.4. The van der Waals surface area contributed by atoms with Crippen LogP contribution in [0.15, 0.2) is 0 Å². The zero-order chi connectivity index (χ0) is 25.3. The Morgan fingerprint density at radius 2 is 1.79 bits per heavy atom. The summed E-state index contributed by atoms with van der Waals surface area (Å²) in [5, 5.41) is 4.88. The van der Waals surface area contributed by atoms with Gasteiger partial charge in [0.2, 0.25) is 0 Å². The van der Waals surface area contributed by atoms with Gasteiger partial charge < -0.3 is 0 Å². The quantitative estimate of drug-likeness (QED) is 0.128. The number of hydrogen-bond donors (Lipinski definition) is 3. The zero-order valence-electron chi connectivity index (χ0n) is 19.8. The molecule has 0 unspecified atom stereocenters. The van der Waals surface area contributed by atoms with E-state index < -0.39 is 55.8 Å². The molecule has 1 saturated heterocycles. The summed E-state index contributed by atoms with van der Waals surface area (Å²) < 4.78 is 30.1. The number of nitrogens with one attached hydrogen (secondary N) is 2. The minimum atomic E-state index is -4.29. The van der Waals surface area contributed by atoms with Gasteiger partial charge in [0.15, 0.2) is 0 Å². The van der Waals surface area contributed by atoms with Crippen molar-refractivity contribution in [2.45, 2.75) is 47.1 Å². The standard InChI is InChI=1S/C19H35N2O11P/c1-18(2,3)16(24)28-10-9-21-17(25)29-12-31-33(26)30-11-19(4,5)14(32-33)15(23)20-8-7-13(22)27-6/h14,26,33H,7-12H2,1-6H3,(H,20,23)(H,21,25)/t14-/m0/s1. The summed E-state index contributed by atoms with van der Waals surface area (Å²) in [7, 11) is -3.05. The van der Waals surface area contributed by atoms with Gasteiger partial charge in [-0.15, -0.1) is 0 Å². The summed E-state index contributed by atoms with van der Waals surface area (Å²) in [6.07, 6.45) is -2.04. The van der Waals surface area contributed by atoms with Crippen LogP contribution in [0.3, 0.4) is 0 Å². The Morgan fingerprint density at radius 1 is 1.12 bits per heavy atom. The molecule has 1 aliphatic heterocycles. The van der Waals surface area contributed by atoms with Crippen molar-refractivity contribution in [2.75, 3.05) is 40.2 Å². The van der Waals surface area contributed by atoms with Gasteiger partial charge in [-0.2, -0.15) is 0 Å². The second-order valence-corrected chi connectivity index (χ2v) is 10.8. The third-order valence-corrected chi connectivity index (χ3v) is 5.87. The van der Waals surface area contributed by atoms with Gasteiger partial charge in [-0.25, -0.2) is 0 Å². The molecule has 3 N–H and O–H groups in total. The number of rotatable bonds is 10. The van der Waals surface area contributed by atoms with Crippen molar-refractivity contribution in [3.63, 3.8) is 0 Å². The van der Waals surface area contributed by atoms with Gasteiger partial charge in [0.25, 0.3) is 0 Å².